The molecule has 0 radical (unpaired) electrons. The molecule has 3 rings (SSSR count). The number of amides is 1. The molecule has 0 heterocycles. The van der Waals surface area contributed by atoms with Crippen molar-refractivity contribution in [1.29, 1.82) is 0 Å². The number of methoxy groups -OCH3 is 1. The fraction of sp³-hybridized carbons (Fsp3) is 0.316. The molecule has 1 aliphatic carbocycles. The van der Waals surface area contributed by atoms with E-state index in [9.17, 15) is 13.2 Å². The highest BCUT2D eigenvalue weighted by molar-refractivity contribution is 8.13. The molecular formula is C19H19Cl2NO4S. The van der Waals surface area contributed by atoms with E-state index in [0.29, 0.717) is 16.5 Å². The number of benzene rings is 2. The molecule has 8 heteroatoms. The normalized spacial score (nSPS) is 20.8. The number of carbonyl (C=O) groups excluding carboxylic acids is 1. The molecule has 0 unspecified atom stereocenters. The molecule has 0 spiro atoms. The fourth-order valence-electron chi connectivity index (χ4n) is 3.58. The lowest BCUT2D eigenvalue weighted by atomic mass is 10.0. The van der Waals surface area contributed by atoms with Crippen molar-refractivity contribution in [2.45, 2.75) is 24.7 Å². The standard InChI is InChI=1S/C19H19Cl2NO4S/c1-19(2)16(11-4-7-13(8-5-11)27(21,24)25)17(19)18(23)22-14-10-12(20)6-9-15(14)26-3/h4-10,16-17H,1-3H3,(H,22,23)/t16-,17+/m1/s1. The van der Waals surface area contributed by atoms with Gasteiger partial charge in [0, 0.05) is 21.6 Å². The summed E-state index contributed by atoms with van der Waals surface area (Å²) in [6.45, 7) is 4.01. The van der Waals surface area contributed by atoms with Gasteiger partial charge in [-0.1, -0.05) is 37.6 Å². The summed E-state index contributed by atoms with van der Waals surface area (Å²) in [6, 6.07) is 11.3. The van der Waals surface area contributed by atoms with Crippen molar-refractivity contribution in [1.82, 2.24) is 0 Å². The van der Waals surface area contributed by atoms with E-state index in [0.717, 1.165) is 5.56 Å². The zero-order chi connectivity index (χ0) is 20.0. The quantitative estimate of drug-likeness (QED) is 0.704. The van der Waals surface area contributed by atoms with Crippen LogP contribution in [-0.4, -0.2) is 21.4 Å². The highest BCUT2D eigenvalue weighted by Crippen LogP contribution is 2.64. The van der Waals surface area contributed by atoms with Gasteiger partial charge in [-0.15, -0.1) is 0 Å². The molecule has 2 atom stereocenters. The Balaban J connectivity index is 1.81. The molecule has 0 aliphatic heterocycles. The maximum Gasteiger partial charge on any atom is 0.261 e. The van der Waals surface area contributed by atoms with E-state index in [1.165, 1.54) is 19.2 Å². The van der Waals surface area contributed by atoms with Crippen LogP contribution in [0.25, 0.3) is 0 Å². The average molecular weight is 428 g/mol. The fourth-order valence-corrected chi connectivity index (χ4v) is 4.52. The Morgan fingerprint density at radius 1 is 1.15 bits per heavy atom. The Hall–Kier alpha value is -1.76. The second-order valence-corrected chi connectivity index (χ2v) is 10.1. The molecule has 0 saturated heterocycles. The number of nitrogens with one attached hydrogen (secondary N) is 1. The SMILES string of the molecule is COc1ccc(Cl)cc1NC(=O)[C@@H]1[C@@H](c2ccc(S(=O)(=O)Cl)cc2)C1(C)C. The number of anilines is 1. The van der Waals surface area contributed by atoms with E-state index in [1.807, 2.05) is 13.8 Å². The van der Waals surface area contributed by atoms with Crippen LogP contribution in [0, 0.1) is 11.3 Å². The van der Waals surface area contributed by atoms with Crippen molar-refractivity contribution in [3.05, 3.63) is 53.1 Å². The van der Waals surface area contributed by atoms with Gasteiger partial charge < -0.3 is 10.1 Å². The predicted octanol–water partition coefficient (Wildman–Crippen LogP) is 4.65. The van der Waals surface area contributed by atoms with Gasteiger partial charge >= 0.3 is 0 Å². The first-order valence-electron chi connectivity index (χ1n) is 8.24. The Bertz CT molecular complexity index is 987. The Morgan fingerprint density at radius 3 is 2.33 bits per heavy atom. The summed E-state index contributed by atoms with van der Waals surface area (Å²) in [6.07, 6.45) is 0. The molecular weight excluding hydrogens is 409 g/mol. The summed E-state index contributed by atoms with van der Waals surface area (Å²) in [4.78, 5) is 12.9. The zero-order valence-corrected chi connectivity index (χ0v) is 17.3. The number of ether oxygens (including phenoxy) is 1. The van der Waals surface area contributed by atoms with Gasteiger partial charge in [0.1, 0.15) is 5.75 Å². The van der Waals surface area contributed by atoms with E-state index in [4.69, 9.17) is 27.0 Å². The topological polar surface area (TPSA) is 72.5 Å². The van der Waals surface area contributed by atoms with Crippen LogP contribution in [0.2, 0.25) is 5.02 Å². The van der Waals surface area contributed by atoms with Crippen molar-refractivity contribution in [2.75, 3.05) is 12.4 Å². The smallest absolute Gasteiger partial charge is 0.261 e. The largest absolute Gasteiger partial charge is 0.495 e. The monoisotopic (exact) mass is 427 g/mol. The second-order valence-electron chi connectivity index (χ2n) is 7.12. The third-order valence-corrected chi connectivity index (χ3v) is 6.65. The van der Waals surface area contributed by atoms with Crippen LogP contribution in [0.15, 0.2) is 47.4 Å². The summed E-state index contributed by atoms with van der Waals surface area (Å²) in [5.74, 6) is 0.0911. The molecule has 1 aliphatic rings. The Labute approximate surface area is 168 Å². The van der Waals surface area contributed by atoms with Gasteiger partial charge in [-0.05, 0) is 41.3 Å². The van der Waals surface area contributed by atoms with Crippen molar-refractivity contribution in [3.63, 3.8) is 0 Å². The first kappa shape index (κ1) is 20.0. The number of rotatable bonds is 5. The first-order valence-corrected chi connectivity index (χ1v) is 10.9. The summed E-state index contributed by atoms with van der Waals surface area (Å²) in [5, 5.41) is 3.39. The van der Waals surface area contributed by atoms with Crippen molar-refractivity contribution in [3.8, 4) is 5.75 Å². The van der Waals surface area contributed by atoms with Gasteiger partial charge in [-0.25, -0.2) is 8.42 Å². The minimum absolute atomic E-state index is 0.0326. The lowest BCUT2D eigenvalue weighted by Gasteiger charge is -2.11. The van der Waals surface area contributed by atoms with Gasteiger partial charge in [-0.2, -0.15) is 0 Å². The van der Waals surface area contributed by atoms with Crippen LogP contribution in [0.5, 0.6) is 5.75 Å². The minimum Gasteiger partial charge on any atom is -0.495 e. The van der Waals surface area contributed by atoms with Gasteiger partial charge in [0.05, 0.1) is 23.6 Å². The van der Waals surface area contributed by atoms with Gasteiger partial charge in [-0.3, -0.25) is 4.79 Å². The molecule has 0 aromatic heterocycles. The lowest BCUT2D eigenvalue weighted by molar-refractivity contribution is -0.118. The summed E-state index contributed by atoms with van der Waals surface area (Å²) >= 11 is 6.02. The highest BCUT2D eigenvalue weighted by Gasteiger charge is 2.62. The predicted molar refractivity (Wildman–Crippen MR) is 106 cm³/mol. The molecule has 1 fully saturated rings. The lowest BCUT2D eigenvalue weighted by Crippen LogP contribution is -2.17. The molecule has 27 heavy (non-hydrogen) atoms. The van der Waals surface area contributed by atoms with Crippen LogP contribution >= 0.6 is 22.3 Å². The minimum atomic E-state index is -3.77. The van der Waals surface area contributed by atoms with Crippen LogP contribution in [0.3, 0.4) is 0 Å². The second kappa shape index (κ2) is 7.00. The highest BCUT2D eigenvalue weighted by atomic mass is 35.7. The zero-order valence-electron chi connectivity index (χ0n) is 15.0. The van der Waals surface area contributed by atoms with Crippen molar-refractivity contribution in [2.24, 2.45) is 11.3 Å². The molecule has 144 valence electrons. The molecule has 5 nitrogen and oxygen atoms in total. The van der Waals surface area contributed by atoms with Crippen LogP contribution in [0.1, 0.15) is 25.3 Å². The van der Waals surface area contributed by atoms with Crippen LogP contribution in [0.4, 0.5) is 5.69 Å². The third kappa shape index (κ3) is 3.93. The van der Waals surface area contributed by atoms with E-state index in [-0.39, 0.29) is 28.1 Å². The van der Waals surface area contributed by atoms with Crippen LogP contribution in [-0.2, 0) is 13.8 Å². The van der Waals surface area contributed by atoms with Crippen LogP contribution < -0.4 is 10.1 Å². The summed E-state index contributed by atoms with van der Waals surface area (Å²) < 4.78 is 28.1. The molecule has 1 amide bonds. The number of hydrogen-bond donors (Lipinski definition) is 1. The van der Waals surface area contributed by atoms with Gasteiger partial charge in [0.15, 0.2) is 0 Å². The molecule has 0 bridgehead atoms. The summed E-state index contributed by atoms with van der Waals surface area (Å²) in [7, 11) is 3.11. The van der Waals surface area contributed by atoms with E-state index < -0.39 is 9.05 Å². The van der Waals surface area contributed by atoms with Crippen molar-refractivity contribution < 1.29 is 17.9 Å². The average Bonchev–Trinajstić information content (AvgIpc) is 3.17. The molecule has 1 saturated carbocycles. The maximum atomic E-state index is 12.9. The third-order valence-electron chi connectivity index (χ3n) is 5.05. The van der Waals surface area contributed by atoms with Gasteiger partial charge in [0.2, 0.25) is 5.91 Å². The molecule has 1 N–H and O–H groups in total. The number of hydrogen-bond acceptors (Lipinski definition) is 4. The van der Waals surface area contributed by atoms with E-state index in [1.54, 1.807) is 30.3 Å². The first-order chi connectivity index (χ1) is 12.6. The van der Waals surface area contributed by atoms with Crippen molar-refractivity contribution >= 4 is 42.9 Å². The number of carbonyl (C=O) groups is 1. The number of halogens is 2. The Kier molecular flexibility index (Phi) is 5.18. The van der Waals surface area contributed by atoms with Gasteiger partial charge in [0.25, 0.3) is 9.05 Å². The molecule has 2 aromatic carbocycles. The molecule has 2 aromatic rings. The maximum absolute atomic E-state index is 12.9. The van der Waals surface area contributed by atoms with E-state index in [2.05, 4.69) is 5.32 Å². The Morgan fingerprint density at radius 2 is 1.78 bits per heavy atom. The summed E-state index contributed by atoms with van der Waals surface area (Å²) in [5.41, 5.74) is 1.14. The van der Waals surface area contributed by atoms with E-state index >= 15 is 0 Å².